The third-order valence-corrected chi connectivity index (χ3v) is 2.44. The number of aliphatic hydroxyl groups is 1. The zero-order valence-electron chi connectivity index (χ0n) is 10.2. The summed E-state index contributed by atoms with van der Waals surface area (Å²) in [4.78, 5) is 23.0. The van der Waals surface area contributed by atoms with Crippen molar-refractivity contribution < 1.29 is 24.2 Å². The van der Waals surface area contributed by atoms with E-state index in [-0.39, 0.29) is 12.2 Å². The van der Waals surface area contributed by atoms with Gasteiger partial charge in [-0.15, -0.1) is 0 Å². The molecular formula is C12H15NO5. The molecule has 6 heteroatoms. The van der Waals surface area contributed by atoms with Crippen LogP contribution < -0.4 is 10.5 Å². The summed E-state index contributed by atoms with van der Waals surface area (Å²) in [7, 11) is 1.47. The highest BCUT2D eigenvalue weighted by atomic mass is 16.5. The van der Waals surface area contributed by atoms with Crippen molar-refractivity contribution in [3.8, 4) is 5.75 Å². The van der Waals surface area contributed by atoms with Gasteiger partial charge in [0.25, 0.3) is 11.5 Å². The van der Waals surface area contributed by atoms with Crippen LogP contribution in [-0.2, 0) is 19.9 Å². The Morgan fingerprint density at radius 2 is 1.89 bits per heavy atom. The van der Waals surface area contributed by atoms with Crippen molar-refractivity contribution in [2.45, 2.75) is 12.5 Å². The first-order chi connectivity index (χ1) is 8.46. The quantitative estimate of drug-likeness (QED) is 0.565. The largest absolute Gasteiger partial charge is 0.497 e. The number of methoxy groups -OCH3 is 1. The Bertz CT molecular complexity index is 442. The van der Waals surface area contributed by atoms with Gasteiger partial charge in [-0.2, -0.15) is 0 Å². The van der Waals surface area contributed by atoms with E-state index in [0.29, 0.717) is 5.75 Å². The summed E-state index contributed by atoms with van der Waals surface area (Å²) < 4.78 is 9.59. The van der Waals surface area contributed by atoms with Crippen LogP contribution in [0.25, 0.3) is 0 Å². The van der Waals surface area contributed by atoms with E-state index in [1.54, 1.807) is 6.92 Å². The second-order valence-corrected chi connectivity index (χ2v) is 3.52. The number of primary amides is 1. The fourth-order valence-corrected chi connectivity index (χ4v) is 1.43. The summed E-state index contributed by atoms with van der Waals surface area (Å²) in [5, 5.41) is 10.1. The standard InChI is InChI=1S/C12H15NO5/c1-3-18-11(15)12(16,10(13)14)8-4-6-9(17-2)7-5-8/h4-7,16H,3H2,1-2H3,(H2,13,14)/t12-/m0/s1. The van der Waals surface area contributed by atoms with E-state index in [9.17, 15) is 14.7 Å². The van der Waals surface area contributed by atoms with Crippen molar-refractivity contribution in [3.05, 3.63) is 29.8 Å². The van der Waals surface area contributed by atoms with Gasteiger partial charge in [-0.1, -0.05) is 12.1 Å². The van der Waals surface area contributed by atoms with Gasteiger partial charge >= 0.3 is 5.97 Å². The van der Waals surface area contributed by atoms with Crippen LogP contribution in [0, 0.1) is 0 Å². The molecular weight excluding hydrogens is 238 g/mol. The lowest BCUT2D eigenvalue weighted by Crippen LogP contribution is -2.48. The van der Waals surface area contributed by atoms with Gasteiger partial charge in [-0.25, -0.2) is 4.79 Å². The SMILES string of the molecule is CCOC(=O)[C@@](O)(C(N)=O)c1ccc(OC)cc1. The Morgan fingerprint density at radius 1 is 1.33 bits per heavy atom. The number of hydrogen-bond acceptors (Lipinski definition) is 5. The summed E-state index contributed by atoms with van der Waals surface area (Å²) in [6, 6.07) is 5.76. The molecule has 98 valence electrons. The zero-order valence-corrected chi connectivity index (χ0v) is 10.2. The van der Waals surface area contributed by atoms with Gasteiger partial charge < -0.3 is 20.3 Å². The normalized spacial score (nSPS) is 13.5. The predicted molar refractivity (Wildman–Crippen MR) is 62.7 cm³/mol. The third kappa shape index (κ3) is 2.43. The first-order valence-electron chi connectivity index (χ1n) is 5.30. The van der Waals surface area contributed by atoms with Crippen LogP contribution in [0.3, 0.4) is 0 Å². The second-order valence-electron chi connectivity index (χ2n) is 3.52. The molecule has 1 atom stereocenters. The molecule has 1 rings (SSSR count). The molecule has 0 fully saturated rings. The molecule has 0 aliphatic carbocycles. The van der Waals surface area contributed by atoms with Crippen LogP contribution in [0.2, 0.25) is 0 Å². The van der Waals surface area contributed by atoms with E-state index in [4.69, 9.17) is 10.5 Å². The molecule has 0 bridgehead atoms. The van der Waals surface area contributed by atoms with Crippen molar-refractivity contribution in [1.82, 2.24) is 0 Å². The molecule has 0 aliphatic heterocycles. The zero-order chi connectivity index (χ0) is 13.8. The van der Waals surface area contributed by atoms with Crippen LogP contribution >= 0.6 is 0 Å². The van der Waals surface area contributed by atoms with Gasteiger partial charge in [0.2, 0.25) is 0 Å². The summed E-state index contributed by atoms with van der Waals surface area (Å²) in [5.74, 6) is -1.76. The monoisotopic (exact) mass is 253 g/mol. The maximum atomic E-state index is 11.7. The molecule has 1 aromatic carbocycles. The van der Waals surface area contributed by atoms with Crippen LogP contribution in [0.5, 0.6) is 5.75 Å². The average molecular weight is 253 g/mol. The molecule has 0 saturated carbocycles. The Morgan fingerprint density at radius 3 is 2.28 bits per heavy atom. The summed E-state index contributed by atoms with van der Waals surface area (Å²) in [6.07, 6.45) is 0. The van der Waals surface area contributed by atoms with E-state index in [1.807, 2.05) is 0 Å². The third-order valence-electron chi connectivity index (χ3n) is 2.44. The first-order valence-corrected chi connectivity index (χ1v) is 5.30. The van der Waals surface area contributed by atoms with Gasteiger partial charge in [0, 0.05) is 5.56 Å². The molecule has 18 heavy (non-hydrogen) atoms. The topological polar surface area (TPSA) is 98.9 Å². The summed E-state index contributed by atoms with van der Waals surface area (Å²) >= 11 is 0. The number of ether oxygens (including phenoxy) is 2. The summed E-state index contributed by atoms with van der Waals surface area (Å²) in [6.45, 7) is 1.60. The number of benzene rings is 1. The lowest BCUT2D eigenvalue weighted by molar-refractivity contribution is -0.171. The van der Waals surface area contributed by atoms with Crippen molar-refractivity contribution in [2.24, 2.45) is 5.73 Å². The smallest absolute Gasteiger partial charge is 0.352 e. The number of nitrogens with two attached hydrogens (primary N) is 1. The van der Waals surface area contributed by atoms with Crippen LogP contribution in [0.15, 0.2) is 24.3 Å². The minimum absolute atomic E-state index is 0.0323. The highest BCUT2D eigenvalue weighted by Crippen LogP contribution is 2.25. The van der Waals surface area contributed by atoms with Gasteiger partial charge in [0.05, 0.1) is 13.7 Å². The van der Waals surface area contributed by atoms with E-state index < -0.39 is 17.5 Å². The number of carbonyl (C=O) groups is 2. The van der Waals surface area contributed by atoms with E-state index in [2.05, 4.69) is 4.74 Å². The van der Waals surface area contributed by atoms with Crippen molar-refractivity contribution >= 4 is 11.9 Å². The summed E-state index contributed by atoms with van der Waals surface area (Å²) in [5.41, 5.74) is 2.64. The van der Waals surface area contributed by atoms with Crippen molar-refractivity contribution in [1.29, 1.82) is 0 Å². The van der Waals surface area contributed by atoms with Gasteiger partial charge in [-0.05, 0) is 19.1 Å². The van der Waals surface area contributed by atoms with E-state index >= 15 is 0 Å². The fourth-order valence-electron chi connectivity index (χ4n) is 1.43. The lowest BCUT2D eigenvalue weighted by Gasteiger charge is -2.22. The van der Waals surface area contributed by atoms with Gasteiger partial charge in [0.15, 0.2) is 0 Å². The average Bonchev–Trinajstić information content (AvgIpc) is 2.37. The highest BCUT2D eigenvalue weighted by molar-refractivity contribution is 6.05. The molecule has 0 spiro atoms. The van der Waals surface area contributed by atoms with Crippen LogP contribution in [-0.4, -0.2) is 30.7 Å². The Kier molecular flexibility index (Phi) is 4.28. The molecule has 6 nitrogen and oxygen atoms in total. The number of esters is 1. The maximum absolute atomic E-state index is 11.7. The Labute approximate surface area is 104 Å². The van der Waals surface area contributed by atoms with Crippen molar-refractivity contribution in [2.75, 3.05) is 13.7 Å². The number of rotatable bonds is 5. The van der Waals surface area contributed by atoms with Gasteiger partial charge in [-0.3, -0.25) is 4.79 Å². The second kappa shape index (κ2) is 5.50. The molecule has 0 unspecified atom stereocenters. The molecule has 0 radical (unpaired) electrons. The van der Waals surface area contributed by atoms with Crippen LogP contribution in [0.1, 0.15) is 12.5 Å². The van der Waals surface area contributed by atoms with E-state index in [1.165, 1.54) is 31.4 Å². The fraction of sp³-hybridized carbons (Fsp3) is 0.333. The molecule has 1 amide bonds. The minimum Gasteiger partial charge on any atom is -0.497 e. The minimum atomic E-state index is -2.48. The Hall–Kier alpha value is -2.08. The molecule has 3 N–H and O–H groups in total. The first kappa shape index (κ1) is 14.0. The predicted octanol–water partition coefficient (Wildman–Crippen LogP) is -0.0688. The molecule has 1 aromatic rings. The molecule has 0 aliphatic rings. The number of carbonyl (C=O) groups excluding carboxylic acids is 2. The van der Waals surface area contributed by atoms with Crippen LogP contribution in [0.4, 0.5) is 0 Å². The van der Waals surface area contributed by atoms with Gasteiger partial charge in [0.1, 0.15) is 5.75 Å². The van der Waals surface area contributed by atoms with Crippen molar-refractivity contribution in [3.63, 3.8) is 0 Å². The molecule has 0 aromatic heterocycles. The lowest BCUT2D eigenvalue weighted by atomic mass is 9.93. The number of hydrogen-bond donors (Lipinski definition) is 2. The Balaban J connectivity index is 3.18. The maximum Gasteiger partial charge on any atom is 0.352 e. The molecule has 0 heterocycles. The number of amides is 1. The molecule has 0 saturated heterocycles. The van der Waals surface area contributed by atoms with E-state index in [0.717, 1.165) is 0 Å². The highest BCUT2D eigenvalue weighted by Gasteiger charge is 2.46.